The van der Waals surface area contributed by atoms with Gasteiger partial charge in [-0.15, -0.1) is 0 Å². The number of rotatable bonds is 37. The van der Waals surface area contributed by atoms with Crippen LogP contribution in [0, 0.1) is 0 Å². The standard InChI is InChI=1S/C48H78O6/c1-4-7-10-13-16-18-20-22-23-24-25-27-28-30-32-35-38-41-47(50)53-44-45(43-52-46(49)40-37-34-15-12-9-6-3)54-48(51)42-39-36-33-31-29-26-21-19-17-14-11-8-5-2/h7-8,10-11,16-19,22-23,25-27,29,45H,4-6,9,12-15,20-21,24,28,30-44H2,1-3H3/b10-7-,11-8-,18-16-,19-17-,23-22-,27-25-,29-26-. The highest BCUT2D eigenvalue weighted by Crippen LogP contribution is 2.11. The first-order chi connectivity index (χ1) is 26.5. The Labute approximate surface area is 331 Å². The molecule has 0 saturated heterocycles. The van der Waals surface area contributed by atoms with Crippen molar-refractivity contribution < 1.29 is 28.6 Å². The fraction of sp³-hybridized carbons (Fsp3) is 0.646. The Morgan fingerprint density at radius 1 is 0.389 bits per heavy atom. The third-order valence-electron chi connectivity index (χ3n) is 8.65. The first kappa shape index (κ1) is 50.6. The number of allylic oxidation sites excluding steroid dienone is 14. The van der Waals surface area contributed by atoms with Crippen molar-refractivity contribution in [2.45, 2.75) is 187 Å². The fourth-order valence-electron chi connectivity index (χ4n) is 5.44. The Balaban J connectivity index is 4.39. The van der Waals surface area contributed by atoms with Gasteiger partial charge in [-0.3, -0.25) is 14.4 Å². The average Bonchev–Trinajstić information content (AvgIpc) is 3.17. The molecular formula is C48H78O6. The number of hydrogen-bond donors (Lipinski definition) is 0. The first-order valence-corrected chi connectivity index (χ1v) is 21.6. The van der Waals surface area contributed by atoms with E-state index in [2.05, 4.69) is 106 Å². The molecule has 1 atom stereocenters. The van der Waals surface area contributed by atoms with Crippen molar-refractivity contribution in [3.8, 4) is 0 Å². The zero-order valence-corrected chi connectivity index (χ0v) is 34.7. The summed E-state index contributed by atoms with van der Waals surface area (Å²) in [5.74, 6) is -0.973. The van der Waals surface area contributed by atoms with Gasteiger partial charge in [0.25, 0.3) is 0 Å². The van der Waals surface area contributed by atoms with Gasteiger partial charge in [-0.05, 0) is 89.9 Å². The molecule has 0 saturated carbocycles. The molecule has 0 fully saturated rings. The van der Waals surface area contributed by atoms with Crippen LogP contribution in [-0.2, 0) is 28.6 Å². The summed E-state index contributed by atoms with van der Waals surface area (Å²) >= 11 is 0. The molecule has 0 rings (SSSR count). The zero-order chi connectivity index (χ0) is 39.4. The van der Waals surface area contributed by atoms with Crippen LogP contribution in [0.1, 0.15) is 181 Å². The Morgan fingerprint density at radius 3 is 1.15 bits per heavy atom. The highest BCUT2D eigenvalue weighted by Gasteiger charge is 2.19. The third kappa shape index (κ3) is 39.8. The summed E-state index contributed by atoms with van der Waals surface area (Å²) in [5, 5.41) is 0. The summed E-state index contributed by atoms with van der Waals surface area (Å²) in [7, 11) is 0. The van der Waals surface area contributed by atoms with Gasteiger partial charge < -0.3 is 14.2 Å². The van der Waals surface area contributed by atoms with Crippen LogP contribution in [0.2, 0.25) is 0 Å². The van der Waals surface area contributed by atoms with Crippen LogP contribution < -0.4 is 0 Å². The van der Waals surface area contributed by atoms with Crippen LogP contribution in [0.15, 0.2) is 85.1 Å². The predicted octanol–water partition coefficient (Wildman–Crippen LogP) is 13.7. The molecule has 0 N–H and O–H groups in total. The maximum absolute atomic E-state index is 12.6. The Kier molecular flexibility index (Phi) is 39.7. The van der Waals surface area contributed by atoms with Crippen molar-refractivity contribution >= 4 is 17.9 Å². The van der Waals surface area contributed by atoms with E-state index in [0.29, 0.717) is 12.8 Å². The molecule has 6 heteroatoms. The van der Waals surface area contributed by atoms with Gasteiger partial charge in [0.15, 0.2) is 6.10 Å². The van der Waals surface area contributed by atoms with Crippen molar-refractivity contribution in [3.05, 3.63) is 85.1 Å². The van der Waals surface area contributed by atoms with Crippen molar-refractivity contribution in [2.24, 2.45) is 0 Å². The Bertz CT molecular complexity index is 1090. The smallest absolute Gasteiger partial charge is 0.306 e. The molecule has 0 amide bonds. The number of hydrogen-bond acceptors (Lipinski definition) is 6. The predicted molar refractivity (Wildman–Crippen MR) is 228 cm³/mol. The van der Waals surface area contributed by atoms with Crippen molar-refractivity contribution in [1.29, 1.82) is 0 Å². The summed E-state index contributed by atoms with van der Waals surface area (Å²) in [6, 6.07) is 0. The van der Waals surface area contributed by atoms with Crippen molar-refractivity contribution in [2.75, 3.05) is 13.2 Å². The maximum Gasteiger partial charge on any atom is 0.306 e. The lowest BCUT2D eigenvalue weighted by atomic mass is 10.1. The summed E-state index contributed by atoms with van der Waals surface area (Å²) < 4.78 is 16.6. The fourth-order valence-corrected chi connectivity index (χ4v) is 5.44. The minimum absolute atomic E-state index is 0.0981. The molecule has 0 aromatic rings. The molecular weight excluding hydrogens is 673 g/mol. The monoisotopic (exact) mass is 751 g/mol. The molecule has 0 aliphatic heterocycles. The highest BCUT2D eigenvalue weighted by atomic mass is 16.6. The average molecular weight is 751 g/mol. The van der Waals surface area contributed by atoms with Gasteiger partial charge in [0.05, 0.1) is 0 Å². The second-order valence-electron chi connectivity index (χ2n) is 13.8. The second kappa shape index (κ2) is 42.3. The van der Waals surface area contributed by atoms with Crippen molar-refractivity contribution in [3.63, 3.8) is 0 Å². The van der Waals surface area contributed by atoms with E-state index in [1.54, 1.807) is 0 Å². The van der Waals surface area contributed by atoms with E-state index in [9.17, 15) is 14.4 Å². The van der Waals surface area contributed by atoms with Gasteiger partial charge in [0.1, 0.15) is 13.2 Å². The molecule has 306 valence electrons. The van der Waals surface area contributed by atoms with Gasteiger partial charge in [-0.2, -0.15) is 0 Å². The largest absolute Gasteiger partial charge is 0.462 e. The molecule has 0 aromatic carbocycles. The lowest BCUT2D eigenvalue weighted by Crippen LogP contribution is -2.30. The van der Waals surface area contributed by atoms with Crippen LogP contribution in [0.25, 0.3) is 0 Å². The molecule has 54 heavy (non-hydrogen) atoms. The lowest BCUT2D eigenvalue weighted by Gasteiger charge is -2.18. The summed E-state index contributed by atoms with van der Waals surface area (Å²) in [6.45, 7) is 6.27. The van der Waals surface area contributed by atoms with Crippen LogP contribution in [0.4, 0.5) is 0 Å². The molecule has 0 radical (unpaired) electrons. The van der Waals surface area contributed by atoms with E-state index in [4.69, 9.17) is 14.2 Å². The Morgan fingerprint density at radius 2 is 0.722 bits per heavy atom. The quantitative estimate of drug-likeness (QED) is 0.0272. The molecule has 0 aliphatic rings. The molecule has 0 bridgehead atoms. The van der Waals surface area contributed by atoms with E-state index < -0.39 is 6.10 Å². The molecule has 6 nitrogen and oxygen atoms in total. The van der Waals surface area contributed by atoms with Crippen LogP contribution in [-0.4, -0.2) is 37.2 Å². The second-order valence-corrected chi connectivity index (χ2v) is 13.8. The zero-order valence-electron chi connectivity index (χ0n) is 34.7. The number of carbonyl (C=O) groups excluding carboxylic acids is 3. The Hall–Kier alpha value is -3.41. The van der Waals surface area contributed by atoms with Crippen LogP contribution >= 0.6 is 0 Å². The van der Waals surface area contributed by atoms with Gasteiger partial charge in [-0.25, -0.2) is 0 Å². The maximum atomic E-state index is 12.6. The van der Waals surface area contributed by atoms with Crippen LogP contribution in [0.3, 0.4) is 0 Å². The minimum atomic E-state index is -0.797. The third-order valence-corrected chi connectivity index (χ3v) is 8.65. The van der Waals surface area contributed by atoms with Crippen LogP contribution in [0.5, 0.6) is 0 Å². The molecule has 0 heterocycles. The van der Waals surface area contributed by atoms with Gasteiger partial charge in [-0.1, -0.05) is 157 Å². The molecule has 1 unspecified atom stereocenters. The van der Waals surface area contributed by atoms with E-state index >= 15 is 0 Å². The highest BCUT2D eigenvalue weighted by molar-refractivity contribution is 5.71. The van der Waals surface area contributed by atoms with Crippen molar-refractivity contribution in [1.82, 2.24) is 0 Å². The summed E-state index contributed by atoms with van der Waals surface area (Å²) in [5.41, 5.74) is 0. The van der Waals surface area contributed by atoms with Gasteiger partial charge >= 0.3 is 17.9 Å². The minimum Gasteiger partial charge on any atom is -0.462 e. The molecule has 0 aromatic heterocycles. The number of unbranched alkanes of at least 4 members (excludes halogenated alkanes) is 12. The number of carbonyl (C=O) groups is 3. The topological polar surface area (TPSA) is 78.9 Å². The molecule has 0 spiro atoms. The number of ether oxygens (including phenoxy) is 3. The summed E-state index contributed by atoms with van der Waals surface area (Å²) in [4.78, 5) is 37.5. The molecule has 0 aliphatic carbocycles. The van der Waals surface area contributed by atoms with E-state index in [0.717, 1.165) is 122 Å². The lowest BCUT2D eigenvalue weighted by molar-refractivity contribution is -0.167. The normalized spacial score (nSPS) is 12.9. The van der Waals surface area contributed by atoms with E-state index in [1.165, 1.54) is 19.3 Å². The number of esters is 3. The SMILES string of the molecule is CC/C=C\C/C=C\C/C=C\C/C=C\CCCCCCC(=O)OCC(COC(=O)CCCCCCCC)OC(=O)CCCCC/C=C\C/C=C\C/C=C\CC. The van der Waals surface area contributed by atoms with Gasteiger partial charge in [0, 0.05) is 19.3 Å². The van der Waals surface area contributed by atoms with E-state index in [-0.39, 0.29) is 37.5 Å². The van der Waals surface area contributed by atoms with E-state index in [1.807, 2.05) is 0 Å². The summed E-state index contributed by atoms with van der Waals surface area (Å²) in [6.07, 6.45) is 53.0. The first-order valence-electron chi connectivity index (χ1n) is 21.6. The van der Waals surface area contributed by atoms with Gasteiger partial charge in [0.2, 0.25) is 0 Å².